The monoisotopic (exact) mass is 636 g/mol. The maximum Gasteiger partial charge on any atom is 0.238 e. The average molecular weight is 637 g/mol. The van der Waals surface area contributed by atoms with Gasteiger partial charge >= 0.3 is 0 Å². The number of amides is 1. The van der Waals surface area contributed by atoms with Gasteiger partial charge in [0.1, 0.15) is 11.5 Å². The minimum Gasteiger partial charge on any atom is -0.507 e. The first-order chi connectivity index (χ1) is 22.1. The molecular formula is C35H44N2O9. The summed E-state index contributed by atoms with van der Waals surface area (Å²) in [6.45, 7) is 3.62. The number of phenols is 1. The number of piperidine rings is 1. The van der Waals surface area contributed by atoms with E-state index in [0.717, 1.165) is 51.6 Å². The fourth-order valence-corrected chi connectivity index (χ4v) is 8.93. The average Bonchev–Trinajstić information content (AvgIpc) is 3.57. The number of Topliss-reactive ketones (excluding diaryl/α,β-unsaturated/α-hetero) is 5. The third-order valence-electron chi connectivity index (χ3n) is 11.4. The van der Waals surface area contributed by atoms with Gasteiger partial charge < -0.3 is 25.6 Å². The predicted molar refractivity (Wildman–Crippen MR) is 164 cm³/mol. The molecule has 1 aliphatic heterocycles. The number of hydrogen-bond acceptors (Lipinski definition) is 10. The van der Waals surface area contributed by atoms with E-state index in [-0.39, 0.29) is 55.1 Å². The Balaban J connectivity index is 1.39. The molecule has 5 aliphatic rings. The number of ether oxygens (including phenoxy) is 1. The number of hydrogen-bond donors (Lipinski definition) is 4. The van der Waals surface area contributed by atoms with Crippen molar-refractivity contribution in [2.75, 3.05) is 26.2 Å². The van der Waals surface area contributed by atoms with Gasteiger partial charge in [-0.3, -0.25) is 28.8 Å². The van der Waals surface area contributed by atoms with Crippen LogP contribution in [0.4, 0.5) is 0 Å². The Hall–Kier alpha value is -3.28. The van der Waals surface area contributed by atoms with Crippen molar-refractivity contribution in [2.24, 2.45) is 35.5 Å². The van der Waals surface area contributed by atoms with Gasteiger partial charge in [-0.25, -0.2) is 0 Å². The summed E-state index contributed by atoms with van der Waals surface area (Å²) >= 11 is 0. The molecule has 4 N–H and O–H groups in total. The molecule has 1 aromatic carbocycles. The third-order valence-corrected chi connectivity index (χ3v) is 11.4. The van der Waals surface area contributed by atoms with E-state index in [1.54, 1.807) is 19.1 Å². The smallest absolute Gasteiger partial charge is 0.238 e. The Labute approximate surface area is 268 Å². The Morgan fingerprint density at radius 1 is 1.04 bits per heavy atom. The fraction of sp³-hybridized carbons (Fsp3) is 0.657. The summed E-state index contributed by atoms with van der Waals surface area (Å²) in [5.74, 6) is -12.1. The van der Waals surface area contributed by atoms with Crippen LogP contribution in [0.1, 0.15) is 86.6 Å². The number of ketones is 5. The number of fused-ring (bicyclic) bond motifs is 3. The van der Waals surface area contributed by atoms with Gasteiger partial charge in [-0.05, 0) is 68.2 Å². The Kier molecular flexibility index (Phi) is 9.29. The Bertz CT molecular complexity index is 1430. The summed E-state index contributed by atoms with van der Waals surface area (Å²) in [5, 5.41) is 29.0. The standard InChI is InChI=1S/C35H44N2O9/c1-2-19(38)14-22-24-15-26(40)29(34(44)37-16-18-10-12-36-13-11-18)32(42)35(24,45)33(43)30-27(22)23(17-46-20-6-3-4-7-20)21-8-5-9-25(39)28(21)31(30)41/h5,8-9,18,20,22-24,27,29-30,36,39,45H,2-4,6-7,10-17H2,1H3,(H,37,44)/t22-,23+,24-,27-,29?,30?,35-/m1/s1. The molecule has 0 bridgehead atoms. The van der Waals surface area contributed by atoms with Crippen molar-refractivity contribution in [3.05, 3.63) is 29.3 Å². The van der Waals surface area contributed by atoms with E-state index in [0.29, 0.717) is 5.56 Å². The number of benzene rings is 1. The molecule has 0 aromatic heterocycles. The van der Waals surface area contributed by atoms with Crippen LogP contribution >= 0.6 is 0 Å². The van der Waals surface area contributed by atoms with E-state index in [4.69, 9.17) is 4.74 Å². The van der Waals surface area contributed by atoms with Crippen LogP contribution in [0.15, 0.2) is 18.2 Å². The molecular weight excluding hydrogens is 592 g/mol. The zero-order valence-corrected chi connectivity index (χ0v) is 26.3. The highest BCUT2D eigenvalue weighted by Crippen LogP contribution is 2.57. The third kappa shape index (κ3) is 5.54. The number of aromatic hydroxyl groups is 1. The maximum atomic E-state index is 14.5. The van der Waals surface area contributed by atoms with Gasteiger partial charge in [-0.15, -0.1) is 0 Å². The molecule has 1 saturated heterocycles. The topological polar surface area (TPSA) is 176 Å². The molecule has 1 heterocycles. The Morgan fingerprint density at radius 2 is 1.76 bits per heavy atom. The molecule has 11 heteroatoms. The van der Waals surface area contributed by atoms with E-state index in [1.165, 1.54) is 6.07 Å². The minimum absolute atomic E-state index is 0.00855. The zero-order valence-electron chi connectivity index (χ0n) is 26.3. The van der Waals surface area contributed by atoms with Gasteiger partial charge in [-0.1, -0.05) is 31.9 Å². The van der Waals surface area contributed by atoms with E-state index in [1.807, 2.05) is 0 Å². The first-order valence-electron chi connectivity index (χ1n) is 16.9. The number of aliphatic hydroxyl groups is 1. The van der Waals surface area contributed by atoms with Crippen molar-refractivity contribution in [3.8, 4) is 5.75 Å². The van der Waals surface area contributed by atoms with Crippen LogP contribution in [-0.2, 0) is 28.7 Å². The molecule has 7 atom stereocenters. The molecule has 1 aromatic rings. The quantitative estimate of drug-likeness (QED) is 0.294. The molecule has 0 radical (unpaired) electrons. The number of carbonyl (C=O) groups excluding carboxylic acids is 6. The van der Waals surface area contributed by atoms with Crippen LogP contribution in [0.5, 0.6) is 5.75 Å². The lowest BCUT2D eigenvalue weighted by atomic mass is 9.47. The van der Waals surface area contributed by atoms with Crippen molar-refractivity contribution >= 4 is 34.8 Å². The van der Waals surface area contributed by atoms with E-state index in [9.17, 15) is 39.0 Å². The van der Waals surface area contributed by atoms with Crippen LogP contribution in [0.25, 0.3) is 0 Å². The number of rotatable bonds is 9. The molecule has 248 valence electrons. The van der Waals surface area contributed by atoms with Crippen LogP contribution < -0.4 is 10.6 Å². The van der Waals surface area contributed by atoms with Gasteiger partial charge in [0.05, 0.1) is 24.2 Å². The lowest BCUT2D eigenvalue weighted by Gasteiger charge is -2.55. The van der Waals surface area contributed by atoms with Gasteiger partial charge in [0, 0.05) is 37.6 Å². The molecule has 3 saturated carbocycles. The van der Waals surface area contributed by atoms with Gasteiger partial charge in [0.15, 0.2) is 34.7 Å². The van der Waals surface area contributed by atoms with E-state index < -0.39 is 76.6 Å². The van der Waals surface area contributed by atoms with Crippen LogP contribution in [0.2, 0.25) is 0 Å². The predicted octanol–water partition coefficient (Wildman–Crippen LogP) is 2.05. The summed E-state index contributed by atoms with van der Waals surface area (Å²) in [7, 11) is 0. The summed E-state index contributed by atoms with van der Waals surface area (Å²) in [6.07, 6.45) is 4.94. The second-order valence-electron chi connectivity index (χ2n) is 13.9. The minimum atomic E-state index is -2.82. The summed E-state index contributed by atoms with van der Waals surface area (Å²) < 4.78 is 6.32. The first kappa shape index (κ1) is 32.7. The van der Waals surface area contributed by atoms with Crippen molar-refractivity contribution in [2.45, 2.75) is 82.3 Å². The molecule has 4 fully saturated rings. The van der Waals surface area contributed by atoms with Gasteiger partial charge in [0.25, 0.3) is 0 Å². The van der Waals surface area contributed by atoms with E-state index >= 15 is 0 Å². The highest BCUT2D eigenvalue weighted by Gasteiger charge is 2.70. The van der Waals surface area contributed by atoms with Crippen molar-refractivity contribution in [1.29, 1.82) is 0 Å². The number of nitrogens with one attached hydrogen (secondary N) is 2. The lowest BCUT2D eigenvalue weighted by molar-refractivity contribution is -0.184. The summed E-state index contributed by atoms with van der Waals surface area (Å²) in [6, 6.07) is 4.66. The second-order valence-corrected chi connectivity index (χ2v) is 13.9. The zero-order chi connectivity index (χ0) is 32.7. The van der Waals surface area contributed by atoms with Crippen molar-refractivity contribution in [1.82, 2.24) is 10.6 Å². The fourth-order valence-electron chi connectivity index (χ4n) is 8.93. The second kappa shape index (κ2) is 13.1. The van der Waals surface area contributed by atoms with Crippen LogP contribution in [-0.4, -0.2) is 83.0 Å². The highest BCUT2D eigenvalue weighted by atomic mass is 16.5. The summed E-state index contributed by atoms with van der Waals surface area (Å²) in [4.78, 5) is 82.9. The van der Waals surface area contributed by atoms with Gasteiger partial charge in [-0.2, -0.15) is 0 Å². The lowest BCUT2D eigenvalue weighted by Crippen LogP contribution is -2.71. The highest BCUT2D eigenvalue weighted by molar-refractivity contribution is 6.31. The normalized spacial score (nSPS) is 33.3. The molecule has 2 unspecified atom stereocenters. The molecule has 46 heavy (non-hydrogen) atoms. The van der Waals surface area contributed by atoms with Gasteiger partial charge in [0.2, 0.25) is 5.91 Å². The van der Waals surface area contributed by atoms with Crippen LogP contribution in [0, 0.1) is 35.5 Å². The molecule has 1 amide bonds. The van der Waals surface area contributed by atoms with Crippen molar-refractivity contribution < 1.29 is 43.7 Å². The molecule has 0 spiro atoms. The SMILES string of the molecule is CCC(=O)C[C@H]1[C@H]2C(C(=O)c3c(O)cccc3[C@@H]2COC2CCCC2)C(=O)[C@]2(O)C(=O)C(C(=O)NCC3CCNCC3)C(=O)C[C@H]12. The van der Waals surface area contributed by atoms with Crippen molar-refractivity contribution in [3.63, 3.8) is 0 Å². The maximum absolute atomic E-state index is 14.5. The molecule has 4 aliphatic carbocycles. The number of carbonyl (C=O) groups is 6. The number of phenolic OH excluding ortho intramolecular Hbond substituents is 1. The largest absolute Gasteiger partial charge is 0.507 e. The Morgan fingerprint density at radius 3 is 2.46 bits per heavy atom. The van der Waals surface area contributed by atoms with E-state index in [2.05, 4.69) is 10.6 Å². The molecule has 11 nitrogen and oxygen atoms in total. The summed E-state index contributed by atoms with van der Waals surface area (Å²) in [5.41, 5.74) is -2.39. The van der Waals surface area contributed by atoms with Crippen LogP contribution in [0.3, 0.4) is 0 Å². The first-order valence-corrected chi connectivity index (χ1v) is 16.9. The molecule has 6 rings (SSSR count).